The van der Waals surface area contributed by atoms with E-state index in [1.54, 1.807) is 0 Å². The smallest absolute Gasteiger partial charge is 0.255 e. The molecule has 2 aromatic carbocycles. The lowest BCUT2D eigenvalue weighted by atomic mass is 10.1. The topological polar surface area (TPSA) is 46.9 Å². The van der Waals surface area contributed by atoms with Gasteiger partial charge in [-0.2, -0.15) is 16.9 Å². The second kappa shape index (κ2) is 9.79. The fraction of sp³-hybridized carbons (Fsp3) is 0.333. The number of carbonyl (C=O) groups is 1. The van der Waals surface area contributed by atoms with Gasteiger partial charge in [0.25, 0.3) is 5.91 Å². The minimum Gasteiger partial charge on any atom is -0.351 e. The molecule has 1 amide bonds. The van der Waals surface area contributed by atoms with Crippen molar-refractivity contribution in [3.05, 3.63) is 87.7 Å². The molecule has 29 heavy (non-hydrogen) atoms. The molecule has 0 saturated carbocycles. The lowest BCUT2D eigenvalue weighted by Gasteiger charge is -2.08. The molecule has 0 aliphatic heterocycles. The van der Waals surface area contributed by atoms with Crippen molar-refractivity contribution in [2.24, 2.45) is 0 Å². The number of hydrogen-bond donors (Lipinski definition) is 1. The Morgan fingerprint density at radius 3 is 2.14 bits per heavy atom. The zero-order chi connectivity index (χ0) is 20.8. The quantitative estimate of drug-likeness (QED) is 0.544. The van der Waals surface area contributed by atoms with Crippen molar-refractivity contribution in [2.75, 3.05) is 12.3 Å². The van der Waals surface area contributed by atoms with Gasteiger partial charge in [-0.3, -0.25) is 9.48 Å². The summed E-state index contributed by atoms with van der Waals surface area (Å²) in [6.45, 7) is 9.37. The molecule has 0 bridgehead atoms. The summed E-state index contributed by atoms with van der Waals surface area (Å²) >= 11 is 1.83. The van der Waals surface area contributed by atoms with Crippen molar-refractivity contribution in [1.29, 1.82) is 0 Å². The molecule has 5 heteroatoms. The molecule has 0 saturated heterocycles. The van der Waals surface area contributed by atoms with Crippen LogP contribution in [0.5, 0.6) is 0 Å². The van der Waals surface area contributed by atoms with Gasteiger partial charge in [-0.25, -0.2) is 0 Å². The van der Waals surface area contributed by atoms with Gasteiger partial charge < -0.3 is 5.32 Å². The van der Waals surface area contributed by atoms with Gasteiger partial charge in [-0.15, -0.1) is 0 Å². The highest BCUT2D eigenvalue weighted by Crippen LogP contribution is 2.16. The van der Waals surface area contributed by atoms with Gasteiger partial charge in [-0.05, 0) is 38.8 Å². The second-order valence-corrected chi connectivity index (χ2v) is 8.59. The summed E-state index contributed by atoms with van der Waals surface area (Å²) in [6.07, 6.45) is 0. The van der Waals surface area contributed by atoms with E-state index in [1.807, 2.05) is 30.3 Å². The highest BCUT2D eigenvalue weighted by molar-refractivity contribution is 7.98. The first kappa shape index (κ1) is 21.2. The van der Waals surface area contributed by atoms with Crippen LogP contribution < -0.4 is 5.32 Å². The molecule has 0 unspecified atom stereocenters. The number of carbonyl (C=O) groups excluding carboxylic acids is 1. The van der Waals surface area contributed by atoms with E-state index < -0.39 is 0 Å². The van der Waals surface area contributed by atoms with Crippen LogP contribution in [-0.4, -0.2) is 28.0 Å². The predicted octanol–water partition coefficient (Wildman–Crippen LogP) is 4.83. The standard InChI is InChI=1S/C24H29N3OS/c1-17-5-9-21(10-6-17)15-27-20(4)23(19(3)26-27)24(28)25-13-14-29-16-22-11-7-18(2)8-12-22/h5-12H,13-16H2,1-4H3,(H,25,28). The average molecular weight is 408 g/mol. The summed E-state index contributed by atoms with van der Waals surface area (Å²) in [5.41, 5.74) is 7.40. The van der Waals surface area contributed by atoms with Crippen molar-refractivity contribution in [2.45, 2.75) is 40.0 Å². The summed E-state index contributed by atoms with van der Waals surface area (Å²) in [5.74, 6) is 1.81. The summed E-state index contributed by atoms with van der Waals surface area (Å²) in [6, 6.07) is 17.0. The third-order valence-electron chi connectivity index (χ3n) is 4.98. The number of hydrogen-bond acceptors (Lipinski definition) is 3. The van der Waals surface area contributed by atoms with Crippen molar-refractivity contribution in [3.63, 3.8) is 0 Å². The molecule has 0 fully saturated rings. The Bertz CT molecular complexity index is 959. The zero-order valence-electron chi connectivity index (χ0n) is 17.7. The van der Waals surface area contributed by atoms with Crippen LogP contribution in [0.3, 0.4) is 0 Å². The number of rotatable bonds is 8. The van der Waals surface area contributed by atoms with E-state index in [4.69, 9.17) is 0 Å². The first-order chi connectivity index (χ1) is 13.9. The highest BCUT2D eigenvalue weighted by Gasteiger charge is 2.18. The van der Waals surface area contributed by atoms with Crippen LogP contribution >= 0.6 is 11.8 Å². The van der Waals surface area contributed by atoms with Gasteiger partial charge in [0.1, 0.15) is 0 Å². The van der Waals surface area contributed by atoms with Crippen molar-refractivity contribution < 1.29 is 4.79 Å². The molecule has 3 aromatic rings. The molecule has 0 radical (unpaired) electrons. The Morgan fingerprint density at radius 1 is 0.931 bits per heavy atom. The van der Waals surface area contributed by atoms with Crippen molar-refractivity contribution in [1.82, 2.24) is 15.1 Å². The zero-order valence-corrected chi connectivity index (χ0v) is 18.5. The first-order valence-electron chi connectivity index (χ1n) is 9.95. The molecule has 0 aliphatic carbocycles. The molecule has 3 rings (SSSR count). The molecule has 0 spiro atoms. The Labute approximate surface area is 177 Å². The maximum Gasteiger partial charge on any atom is 0.255 e. The monoisotopic (exact) mass is 407 g/mol. The fourth-order valence-corrected chi connectivity index (χ4v) is 4.06. The van der Waals surface area contributed by atoms with Crippen LogP contribution in [0.15, 0.2) is 48.5 Å². The molecule has 1 N–H and O–H groups in total. The normalized spacial score (nSPS) is 10.9. The van der Waals surface area contributed by atoms with Crippen LogP contribution in [0.4, 0.5) is 0 Å². The summed E-state index contributed by atoms with van der Waals surface area (Å²) in [7, 11) is 0. The maximum absolute atomic E-state index is 12.7. The number of nitrogens with one attached hydrogen (secondary N) is 1. The van der Waals surface area contributed by atoms with E-state index in [-0.39, 0.29) is 5.91 Å². The Kier molecular flexibility index (Phi) is 7.15. The molecular weight excluding hydrogens is 378 g/mol. The lowest BCUT2D eigenvalue weighted by molar-refractivity contribution is 0.0955. The minimum atomic E-state index is -0.0360. The number of amides is 1. The Hall–Kier alpha value is -2.53. The Balaban J connectivity index is 1.51. The lowest BCUT2D eigenvalue weighted by Crippen LogP contribution is -2.26. The molecule has 1 aromatic heterocycles. The minimum absolute atomic E-state index is 0.0360. The van der Waals surface area contributed by atoms with E-state index in [9.17, 15) is 4.79 Å². The van der Waals surface area contributed by atoms with Crippen molar-refractivity contribution in [3.8, 4) is 0 Å². The van der Waals surface area contributed by atoms with Crippen LogP contribution in [0.1, 0.15) is 44.0 Å². The molecule has 152 valence electrons. The third kappa shape index (κ3) is 5.73. The van der Waals surface area contributed by atoms with Crippen LogP contribution in [0.2, 0.25) is 0 Å². The molecular formula is C24H29N3OS. The first-order valence-corrected chi connectivity index (χ1v) is 11.1. The number of aromatic nitrogens is 2. The third-order valence-corrected chi connectivity index (χ3v) is 6.01. The van der Waals surface area contributed by atoms with E-state index in [1.165, 1.54) is 22.3 Å². The largest absolute Gasteiger partial charge is 0.351 e. The van der Waals surface area contributed by atoms with Crippen LogP contribution in [-0.2, 0) is 12.3 Å². The van der Waals surface area contributed by atoms with Gasteiger partial charge >= 0.3 is 0 Å². The predicted molar refractivity (Wildman–Crippen MR) is 122 cm³/mol. The number of benzene rings is 2. The van der Waals surface area contributed by atoms with Gasteiger partial charge in [-0.1, -0.05) is 59.7 Å². The van der Waals surface area contributed by atoms with Gasteiger partial charge in [0, 0.05) is 23.7 Å². The Morgan fingerprint density at radius 2 is 1.52 bits per heavy atom. The number of nitrogens with zero attached hydrogens (tertiary/aromatic N) is 2. The van der Waals surface area contributed by atoms with Crippen molar-refractivity contribution >= 4 is 17.7 Å². The SMILES string of the molecule is Cc1ccc(CSCCNC(=O)c2c(C)nn(Cc3ccc(C)cc3)c2C)cc1. The van der Waals surface area contributed by atoms with Crippen LogP contribution in [0, 0.1) is 27.7 Å². The molecule has 4 nitrogen and oxygen atoms in total. The van der Waals surface area contributed by atoms with E-state index in [0.717, 1.165) is 22.9 Å². The highest BCUT2D eigenvalue weighted by atomic mass is 32.2. The van der Waals surface area contributed by atoms with Gasteiger partial charge in [0.2, 0.25) is 0 Å². The van der Waals surface area contributed by atoms with Crippen LogP contribution in [0.25, 0.3) is 0 Å². The number of thioether (sulfide) groups is 1. The fourth-order valence-electron chi connectivity index (χ4n) is 3.25. The average Bonchev–Trinajstić information content (AvgIpc) is 2.98. The van der Waals surface area contributed by atoms with Gasteiger partial charge in [0.05, 0.1) is 17.8 Å². The summed E-state index contributed by atoms with van der Waals surface area (Å²) in [4.78, 5) is 12.7. The second-order valence-electron chi connectivity index (χ2n) is 7.48. The molecule has 0 atom stereocenters. The summed E-state index contributed by atoms with van der Waals surface area (Å²) < 4.78 is 1.92. The van der Waals surface area contributed by atoms with E-state index in [2.05, 4.69) is 72.8 Å². The summed E-state index contributed by atoms with van der Waals surface area (Å²) in [5, 5.41) is 7.64. The maximum atomic E-state index is 12.7. The molecule has 1 heterocycles. The van der Waals surface area contributed by atoms with E-state index in [0.29, 0.717) is 18.7 Å². The van der Waals surface area contributed by atoms with E-state index >= 15 is 0 Å². The number of aryl methyl sites for hydroxylation is 3. The van der Waals surface area contributed by atoms with Gasteiger partial charge in [0.15, 0.2) is 0 Å². The molecule has 0 aliphatic rings.